The number of benzene rings is 1. The summed E-state index contributed by atoms with van der Waals surface area (Å²) in [5, 5.41) is 3.24. The molecule has 0 spiro atoms. The minimum absolute atomic E-state index is 0.242. The smallest absolute Gasteiger partial charge is 0.133 e. The lowest BCUT2D eigenvalue weighted by Gasteiger charge is -2.19. The van der Waals surface area contributed by atoms with Crippen molar-refractivity contribution in [2.75, 3.05) is 18.5 Å². The molecule has 0 saturated heterocycles. The fourth-order valence-electron chi connectivity index (χ4n) is 1.82. The zero-order valence-corrected chi connectivity index (χ0v) is 11.2. The van der Waals surface area contributed by atoms with Gasteiger partial charge in [0.15, 0.2) is 0 Å². The Bertz CT molecular complexity index is 542. The monoisotopic (exact) mass is 259 g/mol. The molecule has 0 aliphatic rings. The summed E-state index contributed by atoms with van der Waals surface area (Å²) >= 11 is 0. The van der Waals surface area contributed by atoms with E-state index in [4.69, 9.17) is 0 Å². The van der Waals surface area contributed by atoms with E-state index in [2.05, 4.69) is 17.2 Å². The van der Waals surface area contributed by atoms with Crippen LogP contribution in [0.25, 0.3) is 0 Å². The highest BCUT2D eigenvalue weighted by Crippen LogP contribution is 2.22. The molecule has 0 unspecified atom stereocenters. The summed E-state index contributed by atoms with van der Waals surface area (Å²) in [5.74, 6) is 0.564. The average Bonchev–Trinajstić information content (AvgIpc) is 2.44. The Kier molecular flexibility index (Phi) is 4.47. The predicted octanol–water partition coefficient (Wildman–Crippen LogP) is 3.10. The Labute approximate surface area is 113 Å². The first-order chi connectivity index (χ1) is 9.20. The molecule has 3 nitrogen and oxygen atoms in total. The largest absolute Gasteiger partial charge is 0.329 e. The van der Waals surface area contributed by atoms with Crippen LogP contribution >= 0.6 is 0 Å². The van der Waals surface area contributed by atoms with Crippen LogP contribution in [0, 0.1) is 5.82 Å². The van der Waals surface area contributed by atoms with E-state index in [9.17, 15) is 4.39 Å². The van der Waals surface area contributed by atoms with Crippen molar-refractivity contribution in [3.05, 3.63) is 54.0 Å². The van der Waals surface area contributed by atoms with Crippen molar-refractivity contribution in [1.29, 1.82) is 0 Å². The minimum atomic E-state index is -0.242. The zero-order chi connectivity index (χ0) is 13.7. The van der Waals surface area contributed by atoms with E-state index in [0.29, 0.717) is 0 Å². The third kappa shape index (κ3) is 3.51. The number of hydrogen-bond acceptors (Lipinski definition) is 3. The third-order valence-corrected chi connectivity index (χ3v) is 2.89. The van der Waals surface area contributed by atoms with E-state index in [1.54, 1.807) is 6.07 Å². The van der Waals surface area contributed by atoms with Crippen molar-refractivity contribution < 1.29 is 4.39 Å². The fraction of sp³-hybridized carbons (Fsp3) is 0.267. The van der Waals surface area contributed by atoms with Crippen LogP contribution in [0.5, 0.6) is 0 Å². The van der Waals surface area contributed by atoms with Gasteiger partial charge in [0, 0.05) is 19.3 Å². The highest BCUT2D eigenvalue weighted by molar-refractivity contribution is 5.58. The molecule has 0 amide bonds. The maximum atomic E-state index is 13.2. The van der Waals surface area contributed by atoms with E-state index in [1.165, 1.54) is 12.1 Å². The molecule has 0 fully saturated rings. The second-order valence-electron chi connectivity index (χ2n) is 4.31. The number of hydrogen-bond donors (Lipinski definition) is 1. The molecule has 0 bridgehead atoms. The lowest BCUT2D eigenvalue weighted by atomic mass is 10.2. The van der Waals surface area contributed by atoms with Crippen LogP contribution in [0.2, 0.25) is 0 Å². The van der Waals surface area contributed by atoms with Gasteiger partial charge in [-0.3, -0.25) is 0 Å². The van der Waals surface area contributed by atoms with Crippen molar-refractivity contribution in [2.24, 2.45) is 0 Å². The van der Waals surface area contributed by atoms with Gasteiger partial charge in [0.2, 0.25) is 0 Å². The summed E-state index contributed by atoms with van der Waals surface area (Å²) in [4.78, 5) is 6.43. The van der Waals surface area contributed by atoms with Gasteiger partial charge in [-0.25, -0.2) is 9.37 Å². The number of rotatable bonds is 5. The van der Waals surface area contributed by atoms with Crippen molar-refractivity contribution in [1.82, 2.24) is 10.3 Å². The number of aromatic nitrogens is 1. The van der Waals surface area contributed by atoms with Gasteiger partial charge in [-0.15, -0.1) is 0 Å². The van der Waals surface area contributed by atoms with Gasteiger partial charge in [-0.1, -0.05) is 19.1 Å². The van der Waals surface area contributed by atoms with Gasteiger partial charge in [0.1, 0.15) is 11.6 Å². The van der Waals surface area contributed by atoms with E-state index >= 15 is 0 Å². The van der Waals surface area contributed by atoms with Gasteiger partial charge in [0.25, 0.3) is 0 Å². The van der Waals surface area contributed by atoms with Crippen LogP contribution in [0.1, 0.15) is 12.6 Å². The molecule has 100 valence electrons. The van der Waals surface area contributed by atoms with E-state index in [1.807, 2.05) is 36.2 Å². The Morgan fingerprint density at radius 1 is 1.21 bits per heavy atom. The van der Waals surface area contributed by atoms with Crippen molar-refractivity contribution in [3.8, 4) is 0 Å². The zero-order valence-electron chi connectivity index (χ0n) is 11.2. The van der Waals surface area contributed by atoms with Gasteiger partial charge < -0.3 is 10.2 Å². The summed E-state index contributed by atoms with van der Waals surface area (Å²) in [7, 11) is 1.88. The standard InChI is InChI=1S/C15H18FN3/c1-3-17-11-13-7-5-9-15(18-13)19(2)14-8-4-6-12(16)10-14/h4-10,17H,3,11H2,1-2H3. The highest BCUT2D eigenvalue weighted by atomic mass is 19.1. The van der Waals surface area contributed by atoms with Gasteiger partial charge >= 0.3 is 0 Å². The van der Waals surface area contributed by atoms with E-state index < -0.39 is 0 Å². The van der Waals surface area contributed by atoms with Crippen LogP contribution in [0.3, 0.4) is 0 Å². The number of anilines is 2. The van der Waals surface area contributed by atoms with Crippen molar-refractivity contribution in [3.63, 3.8) is 0 Å². The second-order valence-corrected chi connectivity index (χ2v) is 4.31. The number of pyridine rings is 1. The van der Waals surface area contributed by atoms with Crippen LogP contribution in [0.15, 0.2) is 42.5 Å². The molecule has 2 aromatic rings. The minimum Gasteiger partial charge on any atom is -0.329 e. The summed E-state index contributed by atoms with van der Waals surface area (Å²) in [6, 6.07) is 12.4. The van der Waals surface area contributed by atoms with Crippen LogP contribution in [-0.4, -0.2) is 18.6 Å². The molecule has 0 saturated carbocycles. The van der Waals surface area contributed by atoms with Gasteiger partial charge in [-0.2, -0.15) is 0 Å². The maximum absolute atomic E-state index is 13.2. The number of nitrogens with one attached hydrogen (secondary N) is 1. The summed E-state index contributed by atoms with van der Waals surface area (Å²) in [6.45, 7) is 3.70. The lowest BCUT2D eigenvalue weighted by molar-refractivity contribution is 0.628. The average molecular weight is 259 g/mol. The quantitative estimate of drug-likeness (QED) is 0.894. The first-order valence-electron chi connectivity index (χ1n) is 6.36. The normalized spacial score (nSPS) is 10.5. The van der Waals surface area contributed by atoms with E-state index in [0.717, 1.165) is 30.3 Å². The molecule has 1 aromatic carbocycles. The lowest BCUT2D eigenvalue weighted by Crippen LogP contribution is -2.16. The van der Waals surface area contributed by atoms with Crippen molar-refractivity contribution in [2.45, 2.75) is 13.5 Å². The molecule has 0 atom stereocenters. The van der Waals surface area contributed by atoms with Crippen LogP contribution in [-0.2, 0) is 6.54 Å². The van der Waals surface area contributed by atoms with Gasteiger partial charge in [0.05, 0.1) is 5.69 Å². The molecule has 1 aromatic heterocycles. The molecule has 1 N–H and O–H groups in total. The van der Waals surface area contributed by atoms with E-state index in [-0.39, 0.29) is 5.82 Å². The number of halogens is 1. The Hall–Kier alpha value is -1.94. The molecule has 0 radical (unpaired) electrons. The fourth-order valence-corrected chi connectivity index (χ4v) is 1.82. The summed E-state index contributed by atoms with van der Waals surface area (Å²) in [6.07, 6.45) is 0. The topological polar surface area (TPSA) is 28.2 Å². The molecule has 2 rings (SSSR count). The molecule has 19 heavy (non-hydrogen) atoms. The highest BCUT2D eigenvalue weighted by Gasteiger charge is 2.06. The molecule has 0 aliphatic heterocycles. The van der Waals surface area contributed by atoms with Crippen LogP contribution in [0.4, 0.5) is 15.9 Å². The number of nitrogens with zero attached hydrogens (tertiary/aromatic N) is 2. The first-order valence-corrected chi connectivity index (χ1v) is 6.36. The Balaban J connectivity index is 2.21. The molecular weight excluding hydrogens is 241 g/mol. The molecule has 0 aliphatic carbocycles. The molecule has 1 heterocycles. The summed E-state index contributed by atoms with van der Waals surface area (Å²) in [5.41, 5.74) is 1.76. The second kappa shape index (κ2) is 6.29. The Morgan fingerprint density at radius 3 is 2.74 bits per heavy atom. The van der Waals surface area contributed by atoms with Gasteiger partial charge in [-0.05, 0) is 36.9 Å². The molecular formula is C15H18FN3. The summed E-state index contributed by atoms with van der Waals surface area (Å²) < 4.78 is 13.2. The first kappa shape index (κ1) is 13.5. The molecule has 4 heteroatoms. The predicted molar refractivity (Wildman–Crippen MR) is 76.1 cm³/mol. The van der Waals surface area contributed by atoms with Crippen LogP contribution < -0.4 is 10.2 Å². The maximum Gasteiger partial charge on any atom is 0.133 e. The van der Waals surface area contributed by atoms with Crippen molar-refractivity contribution >= 4 is 11.5 Å². The SMILES string of the molecule is CCNCc1cccc(N(C)c2cccc(F)c2)n1. The Morgan fingerprint density at radius 2 is 2.00 bits per heavy atom. The third-order valence-electron chi connectivity index (χ3n) is 2.89.